The van der Waals surface area contributed by atoms with Crippen LogP contribution in [0.5, 0.6) is 17.2 Å². The van der Waals surface area contributed by atoms with Crippen molar-refractivity contribution in [2.24, 2.45) is 0 Å². The molecule has 1 saturated carbocycles. The van der Waals surface area contributed by atoms with Crippen molar-refractivity contribution in [2.75, 3.05) is 11.9 Å². The van der Waals surface area contributed by atoms with Gasteiger partial charge in [-0.25, -0.2) is 4.79 Å². The van der Waals surface area contributed by atoms with E-state index in [0.717, 1.165) is 12.8 Å². The Balaban J connectivity index is 1.30. The van der Waals surface area contributed by atoms with Gasteiger partial charge < -0.3 is 24.3 Å². The van der Waals surface area contributed by atoms with E-state index in [1.54, 1.807) is 58.0 Å². The van der Waals surface area contributed by atoms with Crippen molar-refractivity contribution in [3.63, 3.8) is 0 Å². The molecule has 1 atom stereocenters. The van der Waals surface area contributed by atoms with Gasteiger partial charge in [-0.1, -0.05) is 0 Å². The average Bonchev–Trinajstić information content (AvgIpc) is 3.62. The molecule has 0 radical (unpaired) electrons. The van der Waals surface area contributed by atoms with E-state index < -0.39 is 34.7 Å². The number of benzene rings is 2. The molecule has 41 heavy (non-hydrogen) atoms. The van der Waals surface area contributed by atoms with Crippen LogP contribution in [0.4, 0.5) is 14.5 Å². The monoisotopic (exact) mass is 567 g/mol. The summed E-state index contributed by atoms with van der Waals surface area (Å²) in [7, 11) is 0. The first-order valence-corrected chi connectivity index (χ1v) is 13.1. The van der Waals surface area contributed by atoms with Crippen molar-refractivity contribution >= 4 is 17.6 Å². The molecule has 214 valence electrons. The highest BCUT2D eigenvalue weighted by Crippen LogP contribution is 2.50. The fraction of sp³-hybridized carbons (Fsp3) is 0.379. The van der Waals surface area contributed by atoms with Crippen molar-refractivity contribution in [2.45, 2.75) is 63.8 Å². The topological polar surface area (TPSA) is 118 Å². The summed E-state index contributed by atoms with van der Waals surface area (Å²) >= 11 is 0. The summed E-state index contributed by atoms with van der Waals surface area (Å²) in [6.07, 6.45) is -2.03. The van der Waals surface area contributed by atoms with Crippen LogP contribution in [0.2, 0.25) is 0 Å². The van der Waals surface area contributed by atoms with Gasteiger partial charge in [0.05, 0.1) is 16.9 Å². The average molecular weight is 568 g/mol. The maximum absolute atomic E-state index is 13.6. The number of amides is 1. The summed E-state index contributed by atoms with van der Waals surface area (Å²) in [5, 5.41) is 7.24. The SMILES string of the molecule is CC(C)(C)OC(=O)c1ccc(-n2nc(C3CC3)cc(NC(=O)[C@@]3(C)COc4cc5c(cc43)OC(F)(F)O5)c2=O)cc1. The van der Waals surface area contributed by atoms with Crippen LogP contribution in [0.15, 0.2) is 47.3 Å². The second kappa shape index (κ2) is 9.02. The van der Waals surface area contributed by atoms with Gasteiger partial charge in [0, 0.05) is 17.5 Å². The maximum atomic E-state index is 13.6. The number of halogens is 2. The Morgan fingerprint density at radius 2 is 1.71 bits per heavy atom. The molecule has 1 N–H and O–H groups in total. The number of anilines is 1. The maximum Gasteiger partial charge on any atom is 0.586 e. The van der Waals surface area contributed by atoms with E-state index in [1.165, 1.54) is 16.8 Å². The minimum absolute atomic E-state index is 0.00469. The molecule has 12 heteroatoms. The molecule has 1 amide bonds. The molecule has 1 aliphatic carbocycles. The summed E-state index contributed by atoms with van der Waals surface area (Å²) in [4.78, 5) is 39.6. The minimum Gasteiger partial charge on any atom is -0.492 e. The third-order valence-corrected chi connectivity index (χ3v) is 7.04. The largest absolute Gasteiger partial charge is 0.586 e. The lowest BCUT2D eigenvalue weighted by Gasteiger charge is -2.22. The van der Waals surface area contributed by atoms with Crippen LogP contribution in [0.1, 0.15) is 68.1 Å². The molecule has 2 aliphatic heterocycles. The summed E-state index contributed by atoms with van der Waals surface area (Å²) in [6.45, 7) is 6.81. The molecule has 0 spiro atoms. The first-order chi connectivity index (χ1) is 19.2. The molecule has 0 saturated heterocycles. The molecule has 1 fully saturated rings. The Labute approximate surface area is 233 Å². The van der Waals surface area contributed by atoms with Crippen molar-refractivity contribution < 1.29 is 37.3 Å². The molecule has 3 heterocycles. The number of hydrogen-bond donors (Lipinski definition) is 1. The van der Waals surface area contributed by atoms with Crippen molar-refractivity contribution in [1.82, 2.24) is 9.78 Å². The van der Waals surface area contributed by atoms with Gasteiger partial charge in [0.2, 0.25) is 5.91 Å². The smallest absolute Gasteiger partial charge is 0.492 e. The number of aromatic nitrogens is 2. The second-order valence-corrected chi connectivity index (χ2v) is 11.6. The summed E-state index contributed by atoms with van der Waals surface area (Å²) in [5.74, 6) is -1.12. The quantitative estimate of drug-likeness (QED) is 0.442. The molecule has 3 aromatic rings. The lowest BCUT2D eigenvalue weighted by molar-refractivity contribution is -0.286. The normalized spacial score (nSPS) is 20.2. The number of carbonyl (C=O) groups excluding carboxylic acids is 2. The molecule has 3 aliphatic rings. The third-order valence-electron chi connectivity index (χ3n) is 7.04. The van der Waals surface area contributed by atoms with E-state index in [-0.39, 0.29) is 35.5 Å². The van der Waals surface area contributed by atoms with Gasteiger partial charge >= 0.3 is 12.3 Å². The van der Waals surface area contributed by atoms with Gasteiger partial charge in [-0.2, -0.15) is 9.78 Å². The van der Waals surface area contributed by atoms with Crippen LogP contribution in [-0.2, 0) is 14.9 Å². The van der Waals surface area contributed by atoms with Gasteiger partial charge in [0.25, 0.3) is 5.56 Å². The van der Waals surface area contributed by atoms with Crippen LogP contribution in [-0.4, -0.2) is 40.2 Å². The molecule has 1 aromatic heterocycles. The summed E-state index contributed by atoms with van der Waals surface area (Å²) < 4.78 is 48.4. The highest BCUT2D eigenvalue weighted by molar-refractivity contribution is 6.00. The number of rotatable bonds is 5. The fourth-order valence-electron chi connectivity index (χ4n) is 4.71. The van der Waals surface area contributed by atoms with Gasteiger partial charge in [0.1, 0.15) is 29.1 Å². The molecular weight excluding hydrogens is 540 g/mol. The lowest BCUT2D eigenvalue weighted by Crippen LogP contribution is -2.41. The van der Waals surface area contributed by atoms with Crippen LogP contribution < -0.4 is 25.1 Å². The molecule has 10 nitrogen and oxygen atoms in total. The van der Waals surface area contributed by atoms with Crippen LogP contribution in [0.25, 0.3) is 5.69 Å². The Morgan fingerprint density at radius 3 is 2.34 bits per heavy atom. The van der Waals surface area contributed by atoms with Crippen LogP contribution in [0.3, 0.4) is 0 Å². The van der Waals surface area contributed by atoms with E-state index in [0.29, 0.717) is 22.5 Å². The number of fused-ring (bicyclic) bond motifs is 2. The molecule has 2 aromatic carbocycles. The van der Waals surface area contributed by atoms with Crippen LogP contribution >= 0.6 is 0 Å². The van der Waals surface area contributed by atoms with E-state index in [1.807, 2.05) is 0 Å². The van der Waals surface area contributed by atoms with Crippen molar-refractivity contribution in [3.8, 4) is 22.9 Å². The fourth-order valence-corrected chi connectivity index (χ4v) is 4.71. The van der Waals surface area contributed by atoms with E-state index in [2.05, 4.69) is 19.9 Å². The standard InChI is InChI=1S/C29H27F2N3O7/c1-27(2,3)41-25(36)16-7-9-17(10-8-16)34-24(35)20(12-19(33-34)15-5-6-15)32-26(37)28(4)14-38-21-13-23-22(11-18(21)28)39-29(30,31)40-23/h7-13,15H,5-6,14H2,1-4H3,(H,32,37)/t28-/m0/s1. The molecule has 6 rings (SSSR count). The minimum atomic E-state index is -3.82. The van der Waals surface area contributed by atoms with Crippen molar-refractivity contribution in [3.05, 3.63) is 69.6 Å². The highest BCUT2D eigenvalue weighted by atomic mass is 19.3. The lowest BCUT2D eigenvalue weighted by atomic mass is 9.83. The molecular formula is C29H27F2N3O7. The predicted molar refractivity (Wildman–Crippen MR) is 141 cm³/mol. The zero-order valence-electron chi connectivity index (χ0n) is 22.7. The number of hydrogen-bond acceptors (Lipinski definition) is 8. The number of nitrogens with one attached hydrogen (secondary N) is 1. The number of alkyl halides is 2. The number of carbonyl (C=O) groups is 2. The summed E-state index contributed by atoms with van der Waals surface area (Å²) in [5.41, 5.74) is -0.885. The van der Waals surface area contributed by atoms with E-state index in [9.17, 15) is 23.2 Å². The van der Waals surface area contributed by atoms with Gasteiger partial charge in [-0.3, -0.25) is 9.59 Å². The Kier molecular flexibility index (Phi) is 5.88. The number of ether oxygens (including phenoxy) is 4. The molecule has 0 bridgehead atoms. The van der Waals surface area contributed by atoms with Gasteiger partial charge in [-0.15, -0.1) is 8.78 Å². The van der Waals surface area contributed by atoms with Gasteiger partial charge in [0.15, 0.2) is 11.5 Å². The first kappa shape index (κ1) is 26.7. The first-order valence-electron chi connectivity index (χ1n) is 13.1. The van der Waals surface area contributed by atoms with E-state index >= 15 is 0 Å². The Hall–Kier alpha value is -4.48. The zero-order chi connectivity index (χ0) is 29.3. The highest BCUT2D eigenvalue weighted by Gasteiger charge is 2.49. The van der Waals surface area contributed by atoms with Gasteiger partial charge in [-0.05, 0) is 76.9 Å². The Morgan fingerprint density at radius 1 is 1.05 bits per heavy atom. The second-order valence-electron chi connectivity index (χ2n) is 11.6. The Bertz CT molecular complexity index is 1640. The predicted octanol–water partition coefficient (Wildman–Crippen LogP) is 4.68. The summed E-state index contributed by atoms with van der Waals surface area (Å²) in [6, 6.07) is 10.4. The van der Waals surface area contributed by atoms with Crippen LogP contribution in [0, 0.1) is 0 Å². The third kappa shape index (κ3) is 4.98. The number of esters is 1. The zero-order valence-corrected chi connectivity index (χ0v) is 22.7. The molecule has 0 unspecified atom stereocenters. The van der Waals surface area contributed by atoms with E-state index in [4.69, 9.17) is 9.47 Å². The van der Waals surface area contributed by atoms with Crippen molar-refractivity contribution in [1.29, 1.82) is 0 Å². The number of nitrogens with zero attached hydrogens (tertiary/aromatic N) is 2.